The molecule has 0 aliphatic rings. The van der Waals surface area contributed by atoms with Crippen LogP contribution in [0.5, 0.6) is 0 Å². The number of aliphatic hydroxyl groups is 1. The van der Waals surface area contributed by atoms with Gasteiger partial charge in [0.25, 0.3) is 0 Å². The van der Waals surface area contributed by atoms with Crippen LogP contribution in [0.3, 0.4) is 0 Å². The van der Waals surface area contributed by atoms with Crippen molar-refractivity contribution in [1.82, 2.24) is 9.55 Å². The van der Waals surface area contributed by atoms with Gasteiger partial charge in [0.1, 0.15) is 5.82 Å². The van der Waals surface area contributed by atoms with E-state index in [0.717, 1.165) is 26.9 Å². The summed E-state index contributed by atoms with van der Waals surface area (Å²) in [5, 5.41) is 9.26. The molecule has 1 aromatic heterocycles. The second-order valence-electron chi connectivity index (χ2n) is 4.31. The van der Waals surface area contributed by atoms with Crippen molar-refractivity contribution in [3.05, 3.63) is 53.0 Å². The predicted molar refractivity (Wildman–Crippen MR) is 80.0 cm³/mol. The zero-order chi connectivity index (χ0) is 13.2. The molecule has 3 aromatic rings. The first-order valence-electron chi connectivity index (χ1n) is 6.11. The Balaban J connectivity index is 2.21. The highest BCUT2D eigenvalue weighted by atomic mass is 79.9. The maximum Gasteiger partial charge on any atom is 0.141 e. The van der Waals surface area contributed by atoms with Crippen LogP contribution < -0.4 is 0 Å². The quantitative estimate of drug-likeness (QED) is 0.803. The Hall–Kier alpha value is -1.65. The number of para-hydroxylation sites is 2. The Morgan fingerprint density at radius 1 is 1.05 bits per heavy atom. The molecular formula is C15H13BrN2O. The molecular weight excluding hydrogens is 304 g/mol. The SMILES string of the molecule is OCCn1c(-c2ccc(Br)cc2)nc2ccccc21. The van der Waals surface area contributed by atoms with Gasteiger partial charge in [-0.25, -0.2) is 4.98 Å². The Labute approximate surface area is 119 Å². The van der Waals surface area contributed by atoms with Gasteiger partial charge in [-0.05, 0) is 24.3 Å². The normalized spacial score (nSPS) is 11.1. The second kappa shape index (κ2) is 5.15. The lowest BCUT2D eigenvalue weighted by atomic mass is 10.2. The summed E-state index contributed by atoms with van der Waals surface area (Å²) in [7, 11) is 0. The fourth-order valence-corrected chi connectivity index (χ4v) is 2.49. The van der Waals surface area contributed by atoms with Gasteiger partial charge in [-0.3, -0.25) is 0 Å². The molecule has 19 heavy (non-hydrogen) atoms. The molecule has 0 unspecified atom stereocenters. The van der Waals surface area contributed by atoms with E-state index in [1.54, 1.807) is 0 Å². The summed E-state index contributed by atoms with van der Waals surface area (Å²) in [5.74, 6) is 0.891. The summed E-state index contributed by atoms with van der Waals surface area (Å²) < 4.78 is 3.10. The Morgan fingerprint density at radius 3 is 2.53 bits per heavy atom. The largest absolute Gasteiger partial charge is 0.395 e. The minimum Gasteiger partial charge on any atom is -0.395 e. The minimum absolute atomic E-state index is 0.101. The van der Waals surface area contributed by atoms with E-state index in [-0.39, 0.29) is 6.61 Å². The number of rotatable bonds is 3. The molecule has 0 bridgehead atoms. The Kier molecular flexibility index (Phi) is 3.36. The first kappa shape index (κ1) is 12.4. The lowest BCUT2D eigenvalue weighted by Gasteiger charge is -2.07. The number of halogens is 1. The molecule has 0 amide bonds. The van der Waals surface area contributed by atoms with Gasteiger partial charge < -0.3 is 9.67 Å². The predicted octanol–water partition coefficient (Wildman–Crippen LogP) is 3.46. The van der Waals surface area contributed by atoms with Crippen LogP contribution in [0, 0.1) is 0 Å². The molecule has 1 N–H and O–H groups in total. The maximum absolute atomic E-state index is 9.26. The van der Waals surface area contributed by atoms with Crippen LogP contribution >= 0.6 is 15.9 Å². The standard InChI is InChI=1S/C15H13BrN2O/c16-12-7-5-11(6-8-12)15-17-13-3-1-2-4-14(13)18(15)9-10-19/h1-8,19H,9-10H2. The van der Waals surface area contributed by atoms with Crippen molar-refractivity contribution in [1.29, 1.82) is 0 Å². The molecule has 0 atom stereocenters. The van der Waals surface area contributed by atoms with Crippen molar-refractivity contribution in [2.45, 2.75) is 6.54 Å². The van der Waals surface area contributed by atoms with Crippen LogP contribution in [0.1, 0.15) is 0 Å². The Morgan fingerprint density at radius 2 is 1.79 bits per heavy atom. The van der Waals surface area contributed by atoms with Crippen LogP contribution in [0.2, 0.25) is 0 Å². The van der Waals surface area contributed by atoms with Crippen molar-refractivity contribution in [2.24, 2.45) is 0 Å². The molecule has 2 aromatic carbocycles. The van der Waals surface area contributed by atoms with Crippen molar-refractivity contribution in [2.75, 3.05) is 6.61 Å². The molecule has 0 radical (unpaired) electrons. The molecule has 4 heteroatoms. The van der Waals surface area contributed by atoms with E-state index in [9.17, 15) is 5.11 Å². The van der Waals surface area contributed by atoms with Gasteiger partial charge in [0.05, 0.1) is 17.6 Å². The summed E-state index contributed by atoms with van der Waals surface area (Å²) in [5.41, 5.74) is 3.05. The van der Waals surface area contributed by atoms with Crippen LogP contribution in [0.25, 0.3) is 22.4 Å². The monoisotopic (exact) mass is 316 g/mol. The summed E-state index contributed by atoms with van der Waals surface area (Å²) in [6.07, 6.45) is 0. The molecule has 0 aliphatic carbocycles. The van der Waals surface area contributed by atoms with E-state index in [2.05, 4.69) is 25.5 Å². The summed E-state index contributed by atoms with van der Waals surface area (Å²) >= 11 is 3.43. The average Bonchev–Trinajstić information content (AvgIpc) is 2.79. The maximum atomic E-state index is 9.26. The fraction of sp³-hybridized carbons (Fsp3) is 0.133. The molecule has 3 nitrogen and oxygen atoms in total. The van der Waals surface area contributed by atoms with Gasteiger partial charge in [-0.2, -0.15) is 0 Å². The molecule has 96 valence electrons. The van der Waals surface area contributed by atoms with Crippen molar-refractivity contribution >= 4 is 27.0 Å². The molecule has 3 rings (SSSR count). The third kappa shape index (κ3) is 2.29. The average molecular weight is 317 g/mol. The van der Waals surface area contributed by atoms with E-state index in [1.165, 1.54) is 0 Å². The van der Waals surface area contributed by atoms with E-state index in [4.69, 9.17) is 0 Å². The number of fused-ring (bicyclic) bond motifs is 1. The first-order valence-corrected chi connectivity index (χ1v) is 6.91. The molecule has 0 aliphatic heterocycles. The van der Waals surface area contributed by atoms with Crippen LogP contribution in [0.15, 0.2) is 53.0 Å². The highest BCUT2D eigenvalue weighted by Crippen LogP contribution is 2.25. The zero-order valence-corrected chi connectivity index (χ0v) is 11.8. The third-order valence-electron chi connectivity index (χ3n) is 3.08. The number of nitrogens with zero attached hydrogens (tertiary/aromatic N) is 2. The fourth-order valence-electron chi connectivity index (χ4n) is 2.22. The second-order valence-corrected chi connectivity index (χ2v) is 5.22. The van der Waals surface area contributed by atoms with Crippen molar-refractivity contribution < 1.29 is 5.11 Å². The topological polar surface area (TPSA) is 38.0 Å². The van der Waals surface area contributed by atoms with Gasteiger partial charge >= 0.3 is 0 Å². The highest BCUT2D eigenvalue weighted by molar-refractivity contribution is 9.10. The lowest BCUT2D eigenvalue weighted by molar-refractivity contribution is 0.278. The van der Waals surface area contributed by atoms with Crippen molar-refractivity contribution in [3.63, 3.8) is 0 Å². The van der Waals surface area contributed by atoms with Gasteiger partial charge in [0.15, 0.2) is 0 Å². The van der Waals surface area contributed by atoms with Crippen molar-refractivity contribution in [3.8, 4) is 11.4 Å². The van der Waals surface area contributed by atoms with E-state index in [1.807, 2.05) is 48.5 Å². The van der Waals surface area contributed by atoms with Gasteiger partial charge in [-0.1, -0.05) is 40.2 Å². The molecule has 1 heterocycles. The van der Waals surface area contributed by atoms with Gasteiger partial charge in [0, 0.05) is 16.6 Å². The van der Waals surface area contributed by atoms with Gasteiger partial charge in [-0.15, -0.1) is 0 Å². The summed E-state index contributed by atoms with van der Waals surface area (Å²) in [4.78, 5) is 4.67. The number of aliphatic hydroxyl groups excluding tert-OH is 1. The molecule has 0 fully saturated rings. The van der Waals surface area contributed by atoms with E-state index >= 15 is 0 Å². The summed E-state index contributed by atoms with van der Waals surface area (Å²) in [6, 6.07) is 16.0. The first-order chi connectivity index (χ1) is 9.29. The van der Waals surface area contributed by atoms with E-state index in [0.29, 0.717) is 6.54 Å². The molecule has 0 saturated carbocycles. The van der Waals surface area contributed by atoms with E-state index < -0.39 is 0 Å². The van der Waals surface area contributed by atoms with Crippen LogP contribution in [-0.2, 0) is 6.54 Å². The molecule has 0 saturated heterocycles. The van der Waals surface area contributed by atoms with Gasteiger partial charge in [0.2, 0.25) is 0 Å². The number of hydrogen-bond acceptors (Lipinski definition) is 2. The number of benzene rings is 2. The Bertz CT molecular complexity index is 704. The number of imidazole rings is 1. The van der Waals surface area contributed by atoms with Crippen LogP contribution in [-0.4, -0.2) is 21.3 Å². The summed E-state index contributed by atoms with van der Waals surface area (Å²) in [6.45, 7) is 0.649. The number of hydrogen-bond donors (Lipinski definition) is 1. The minimum atomic E-state index is 0.101. The number of aromatic nitrogens is 2. The third-order valence-corrected chi connectivity index (χ3v) is 3.61. The highest BCUT2D eigenvalue weighted by Gasteiger charge is 2.11. The smallest absolute Gasteiger partial charge is 0.141 e. The van der Waals surface area contributed by atoms with Crippen LogP contribution in [0.4, 0.5) is 0 Å². The lowest BCUT2D eigenvalue weighted by Crippen LogP contribution is -2.03. The molecule has 0 spiro atoms. The zero-order valence-electron chi connectivity index (χ0n) is 10.3.